The van der Waals surface area contributed by atoms with Crippen LogP contribution < -0.4 is 10.6 Å². The van der Waals surface area contributed by atoms with E-state index in [4.69, 9.17) is 4.74 Å². The Morgan fingerprint density at radius 2 is 1.71 bits per heavy atom. The summed E-state index contributed by atoms with van der Waals surface area (Å²) in [7, 11) is 0. The van der Waals surface area contributed by atoms with E-state index in [9.17, 15) is 19.5 Å². The van der Waals surface area contributed by atoms with Gasteiger partial charge < -0.3 is 15.2 Å². The molecule has 0 bridgehead atoms. The van der Waals surface area contributed by atoms with Gasteiger partial charge in [0.2, 0.25) is 0 Å². The van der Waals surface area contributed by atoms with Crippen molar-refractivity contribution in [3.63, 3.8) is 0 Å². The summed E-state index contributed by atoms with van der Waals surface area (Å²) in [5.41, 5.74) is 3.78. The average Bonchev–Trinajstić information content (AvgIpc) is 3.39. The summed E-state index contributed by atoms with van der Waals surface area (Å²) in [5, 5.41) is 16.4. The normalized spacial score (nSPS) is 15.5. The molecule has 174 valence electrons. The summed E-state index contributed by atoms with van der Waals surface area (Å²) in [6, 6.07) is 16.2. The number of carboxylic acid groups (broad SMARTS) is 1. The number of carbonyl (C=O) groups excluding carboxylic acids is 2. The maximum Gasteiger partial charge on any atom is 0.413 e. The number of aromatic nitrogens is 1. The van der Waals surface area contributed by atoms with Gasteiger partial charge in [0, 0.05) is 17.8 Å². The highest BCUT2D eigenvalue weighted by Crippen LogP contribution is 2.44. The van der Waals surface area contributed by atoms with E-state index < -0.39 is 23.4 Å². The second kappa shape index (κ2) is 8.90. The van der Waals surface area contributed by atoms with Gasteiger partial charge in [-0.2, -0.15) is 0 Å². The number of carboxylic acids is 1. The van der Waals surface area contributed by atoms with Crippen molar-refractivity contribution >= 4 is 34.4 Å². The van der Waals surface area contributed by atoms with Gasteiger partial charge in [-0.25, -0.2) is 9.78 Å². The van der Waals surface area contributed by atoms with Gasteiger partial charge in [0.15, 0.2) is 5.13 Å². The Hall–Kier alpha value is -3.72. The first-order valence-electron chi connectivity index (χ1n) is 11.1. The summed E-state index contributed by atoms with van der Waals surface area (Å²) < 4.78 is 5.50. The fourth-order valence-corrected chi connectivity index (χ4v) is 5.24. The van der Waals surface area contributed by atoms with Crippen molar-refractivity contribution in [3.05, 3.63) is 70.7 Å². The highest BCUT2D eigenvalue weighted by Gasteiger charge is 2.44. The first kappa shape index (κ1) is 22.1. The van der Waals surface area contributed by atoms with Crippen LogP contribution in [-0.2, 0) is 9.53 Å². The number of ether oxygens (including phenoxy) is 1. The van der Waals surface area contributed by atoms with Crippen molar-refractivity contribution < 1.29 is 24.2 Å². The fourth-order valence-electron chi connectivity index (χ4n) is 4.57. The van der Waals surface area contributed by atoms with E-state index in [1.807, 2.05) is 36.4 Å². The minimum atomic E-state index is -0.894. The third-order valence-electron chi connectivity index (χ3n) is 6.64. The van der Waals surface area contributed by atoms with Crippen LogP contribution in [0.2, 0.25) is 0 Å². The maximum atomic E-state index is 12.4. The van der Waals surface area contributed by atoms with Crippen LogP contribution in [0.3, 0.4) is 0 Å². The predicted molar refractivity (Wildman–Crippen MR) is 127 cm³/mol. The summed E-state index contributed by atoms with van der Waals surface area (Å²) in [5.74, 6) is -1.41. The summed E-state index contributed by atoms with van der Waals surface area (Å²) >= 11 is 1.10. The van der Waals surface area contributed by atoms with Crippen LogP contribution in [0.5, 0.6) is 0 Å². The van der Waals surface area contributed by atoms with E-state index in [2.05, 4.69) is 27.8 Å². The number of hydrogen-bond acceptors (Lipinski definition) is 6. The van der Waals surface area contributed by atoms with Crippen LogP contribution in [0, 0.1) is 5.41 Å². The zero-order valence-electron chi connectivity index (χ0n) is 18.2. The second-order valence-corrected chi connectivity index (χ2v) is 9.47. The zero-order valence-corrected chi connectivity index (χ0v) is 19.1. The van der Waals surface area contributed by atoms with Crippen molar-refractivity contribution in [2.75, 3.05) is 18.5 Å². The first-order chi connectivity index (χ1) is 16.5. The van der Waals surface area contributed by atoms with Crippen LogP contribution in [0.15, 0.2) is 53.9 Å². The molecule has 0 saturated heterocycles. The van der Waals surface area contributed by atoms with Gasteiger partial charge in [-0.05, 0) is 35.1 Å². The Morgan fingerprint density at radius 3 is 2.29 bits per heavy atom. The number of benzene rings is 2. The first-order valence-corrected chi connectivity index (χ1v) is 11.9. The molecule has 2 aliphatic rings. The Balaban J connectivity index is 1.17. The molecular weight excluding hydrogens is 454 g/mol. The lowest BCUT2D eigenvalue weighted by molar-refractivity contribution is -0.153. The number of nitrogens with one attached hydrogen (secondary N) is 2. The van der Waals surface area contributed by atoms with E-state index in [0.29, 0.717) is 12.8 Å². The second-order valence-electron chi connectivity index (χ2n) is 8.61. The molecule has 3 aromatic rings. The molecule has 9 heteroatoms. The van der Waals surface area contributed by atoms with E-state index in [-0.39, 0.29) is 29.9 Å². The number of hydrogen-bond donors (Lipinski definition) is 3. The molecule has 0 radical (unpaired) electrons. The van der Waals surface area contributed by atoms with Gasteiger partial charge in [0.05, 0.1) is 5.41 Å². The molecule has 0 unspecified atom stereocenters. The highest BCUT2D eigenvalue weighted by molar-refractivity contribution is 7.14. The number of fused-ring (bicyclic) bond motifs is 3. The molecule has 1 heterocycles. The van der Waals surface area contributed by atoms with Crippen molar-refractivity contribution in [1.29, 1.82) is 0 Å². The van der Waals surface area contributed by atoms with E-state index in [1.54, 1.807) is 0 Å². The molecule has 1 fully saturated rings. The lowest BCUT2D eigenvalue weighted by Crippen LogP contribution is -2.47. The van der Waals surface area contributed by atoms with Crippen LogP contribution in [-0.4, -0.2) is 41.2 Å². The number of rotatable bonds is 7. The molecule has 2 amide bonds. The summed E-state index contributed by atoms with van der Waals surface area (Å²) in [4.78, 5) is 40.4. The number of carbonyl (C=O) groups is 3. The van der Waals surface area contributed by atoms with Crippen molar-refractivity contribution in [2.45, 2.75) is 25.2 Å². The molecular formula is C25H23N3O5S. The van der Waals surface area contributed by atoms with Gasteiger partial charge in [-0.15, -0.1) is 11.3 Å². The monoisotopic (exact) mass is 477 g/mol. The third kappa shape index (κ3) is 4.03. The van der Waals surface area contributed by atoms with E-state index in [0.717, 1.165) is 40.0 Å². The van der Waals surface area contributed by atoms with Crippen molar-refractivity contribution in [1.82, 2.24) is 10.3 Å². The molecule has 1 aromatic heterocycles. The maximum absolute atomic E-state index is 12.4. The van der Waals surface area contributed by atoms with Gasteiger partial charge in [-0.1, -0.05) is 55.0 Å². The van der Waals surface area contributed by atoms with Gasteiger partial charge >= 0.3 is 12.1 Å². The number of amides is 2. The van der Waals surface area contributed by atoms with Gasteiger partial charge in [-0.3, -0.25) is 14.9 Å². The molecule has 1 saturated carbocycles. The van der Waals surface area contributed by atoms with Crippen molar-refractivity contribution in [2.24, 2.45) is 5.41 Å². The topological polar surface area (TPSA) is 118 Å². The number of aliphatic carboxylic acids is 1. The minimum absolute atomic E-state index is 0.0520. The lowest BCUT2D eigenvalue weighted by Gasteiger charge is -2.37. The molecule has 8 nitrogen and oxygen atoms in total. The summed E-state index contributed by atoms with van der Waals surface area (Å²) in [6.45, 7) is 0.240. The fraction of sp³-hybridized carbons (Fsp3) is 0.280. The standard InChI is InChI=1S/C25H23N3O5S/c29-21(26-14-25(22(30)31)10-5-11-25)20-13-34-23(27-20)28-24(32)33-12-19-17-8-3-1-6-15(17)16-7-2-4-9-18(16)19/h1-4,6-9,13,19H,5,10-12,14H2,(H,26,29)(H,30,31)(H,27,28,32). The molecule has 3 N–H and O–H groups in total. The number of thiazole rings is 1. The lowest BCUT2D eigenvalue weighted by atomic mass is 9.69. The largest absolute Gasteiger partial charge is 0.481 e. The minimum Gasteiger partial charge on any atom is -0.481 e. The Bertz CT molecular complexity index is 1220. The van der Waals surface area contributed by atoms with E-state index in [1.165, 1.54) is 5.38 Å². The quantitative estimate of drug-likeness (QED) is 0.462. The van der Waals surface area contributed by atoms with Gasteiger partial charge in [0.1, 0.15) is 12.3 Å². The molecule has 2 aliphatic carbocycles. The van der Waals surface area contributed by atoms with Crippen LogP contribution in [0.25, 0.3) is 11.1 Å². The smallest absolute Gasteiger partial charge is 0.413 e. The molecule has 2 aromatic carbocycles. The van der Waals surface area contributed by atoms with Gasteiger partial charge in [0.25, 0.3) is 5.91 Å². The Kier molecular flexibility index (Phi) is 5.79. The third-order valence-corrected chi connectivity index (χ3v) is 7.40. The highest BCUT2D eigenvalue weighted by atomic mass is 32.1. The Morgan fingerprint density at radius 1 is 1.06 bits per heavy atom. The molecule has 5 rings (SSSR count). The Labute approximate surface area is 200 Å². The molecule has 0 atom stereocenters. The molecule has 0 spiro atoms. The average molecular weight is 478 g/mol. The summed E-state index contributed by atoms with van der Waals surface area (Å²) in [6.07, 6.45) is 1.29. The van der Waals surface area contributed by atoms with E-state index >= 15 is 0 Å². The van der Waals surface area contributed by atoms with Crippen LogP contribution >= 0.6 is 11.3 Å². The van der Waals surface area contributed by atoms with Crippen LogP contribution in [0.1, 0.15) is 46.8 Å². The molecule has 34 heavy (non-hydrogen) atoms. The zero-order chi connectivity index (χ0) is 23.7. The predicted octanol–water partition coefficient (Wildman–Crippen LogP) is 4.49. The SMILES string of the molecule is O=C(Nc1nc(C(=O)NCC2(C(=O)O)CCC2)cs1)OCC1c2ccccc2-c2ccccc21. The molecule has 0 aliphatic heterocycles. The number of anilines is 1. The van der Waals surface area contributed by atoms with Crippen LogP contribution in [0.4, 0.5) is 9.93 Å². The number of nitrogens with zero attached hydrogens (tertiary/aromatic N) is 1. The van der Waals surface area contributed by atoms with Crippen molar-refractivity contribution in [3.8, 4) is 11.1 Å².